The number of halogens is 1. The van der Waals surface area contributed by atoms with E-state index in [-0.39, 0.29) is 10.6 Å². The summed E-state index contributed by atoms with van der Waals surface area (Å²) in [6.45, 7) is 1.91. The second kappa shape index (κ2) is 5.23. The van der Waals surface area contributed by atoms with Crippen LogP contribution in [0.4, 0.5) is 5.69 Å². The molecule has 0 aliphatic rings. The number of anilines is 1. The van der Waals surface area contributed by atoms with Crippen LogP contribution in [-0.2, 0) is 15.6 Å². The zero-order valence-electron chi connectivity index (χ0n) is 10.4. The van der Waals surface area contributed by atoms with E-state index in [1.807, 2.05) is 6.92 Å². The first kappa shape index (κ1) is 13.9. The maximum atomic E-state index is 12.3. The smallest absolute Gasteiger partial charge is 0.182 e. The van der Waals surface area contributed by atoms with Crippen LogP contribution in [0.1, 0.15) is 11.1 Å². The van der Waals surface area contributed by atoms with E-state index in [0.29, 0.717) is 16.3 Å². The Morgan fingerprint density at radius 3 is 2.37 bits per heavy atom. The number of nitrogens with two attached hydrogens (primary N) is 1. The van der Waals surface area contributed by atoms with Crippen LogP contribution < -0.4 is 5.73 Å². The maximum absolute atomic E-state index is 12.3. The van der Waals surface area contributed by atoms with Gasteiger partial charge >= 0.3 is 0 Å². The molecule has 2 aromatic rings. The predicted molar refractivity (Wildman–Crippen MR) is 77.9 cm³/mol. The zero-order valence-corrected chi connectivity index (χ0v) is 12.0. The lowest BCUT2D eigenvalue weighted by molar-refractivity contribution is 0.595. The van der Waals surface area contributed by atoms with Crippen molar-refractivity contribution in [3.63, 3.8) is 0 Å². The van der Waals surface area contributed by atoms with Crippen molar-refractivity contribution in [1.82, 2.24) is 0 Å². The third-order valence-corrected chi connectivity index (χ3v) is 4.85. The van der Waals surface area contributed by atoms with Gasteiger partial charge in [-0.25, -0.2) is 8.42 Å². The van der Waals surface area contributed by atoms with Crippen molar-refractivity contribution >= 4 is 27.1 Å². The predicted octanol–water partition coefficient (Wildman–Crippen LogP) is 3.20. The van der Waals surface area contributed by atoms with Crippen molar-refractivity contribution in [3.05, 3.63) is 58.6 Å². The molecule has 0 fully saturated rings. The van der Waals surface area contributed by atoms with E-state index in [2.05, 4.69) is 0 Å². The van der Waals surface area contributed by atoms with Crippen molar-refractivity contribution in [1.29, 1.82) is 0 Å². The minimum atomic E-state index is -3.41. The summed E-state index contributed by atoms with van der Waals surface area (Å²) in [5.41, 5.74) is 7.68. The molecule has 0 aromatic heterocycles. The topological polar surface area (TPSA) is 60.2 Å². The van der Waals surface area contributed by atoms with Gasteiger partial charge in [0.15, 0.2) is 9.84 Å². The minimum absolute atomic E-state index is 0.153. The molecule has 0 bridgehead atoms. The minimum Gasteiger partial charge on any atom is -0.399 e. The summed E-state index contributed by atoms with van der Waals surface area (Å²) in [4.78, 5) is 0.289. The SMILES string of the molecule is Cc1ccc(S(=O)(=O)Cc2cc(N)ccc2Cl)cc1. The molecule has 19 heavy (non-hydrogen) atoms. The van der Waals surface area contributed by atoms with Gasteiger partial charge in [-0.15, -0.1) is 0 Å². The molecule has 0 heterocycles. The van der Waals surface area contributed by atoms with Crippen LogP contribution in [0.5, 0.6) is 0 Å². The lowest BCUT2D eigenvalue weighted by Crippen LogP contribution is -2.06. The molecular formula is C14H14ClNO2S. The number of benzene rings is 2. The molecule has 0 saturated carbocycles. The summed E-state index contributed by atoms with van der Waals surface area (Å²) in [5, 5.41) is 0.407. The zero-order chi connectivity index (χ0) is 14.0. The first-order chi connectivity index (χ1) is 8.88. The van der Waals surface area contributed by atoms with Gasteiger partial charge in [0.2, 0.25) is 0 Å². The van der Waals surface area contributed by atoms with Gasteiger partial charge < -0.3 is 5.73 Å². The second-order valence-corrected chi connectivity index (χ2v) is 6.82. The standard InChI is InChI=1S/C14H14ClNO2S/c1-10-2-5-13(6-3-10)19(17,18)9-11-8-12(16)4-7-14(11)15/h2-8H,9,16H2,1H3. The van der Waals surface area contributed by atoms with Gasteiger partial charge in [0, 0.05) is 10.7 Å². The number of rotatable bonds is 3. The largest absolute Gasteiger partial charge is 0.399 e. The summed E-state index contributed by atoms with van der Waals surface area (Å²) in [6, 6.07) is 11.6. The second-order valence-electron chi connectivity index (χ2n) is 4.42. The number of aryl methyl sites for hydroxylation is 1. The number of hydrogen-bond acceptors (Lipinski definition) is 3. The summed E-state index contributed by atoms with van der Waals surface area (Å²) >= 11 is 5.99. The number of sulfone groups is 1. The Bertz CT molecular complexity index is 694. The Kier molecular flexibility index (Phi) is 3.83. The molecular weight excluding hydrogens is 282 g/mol. The molecule has 0 unspecified atom stereocenters. The lowest BCUT2D eigenvalue weighted by atomic mass is 10.2. The van der Waals surface area contributed by atoms with Crippen molar-refractivity contribution < 1.29 is 8.42 Å². The molecule has 2 rings (SSSR count). The van der Waals surface area contributed by atoms with Crippen molar-refractivity contribution in [3.8, 4) is 0 Å². The molecule has 0 aliphatic heterocycles. The highest BCUT2D eigenvalue weighted by atomic mass is 35.5. The van der Waals surface area contributed by atoms with Gasteiger partial charge in [0.05, 0.1) is 10.6 Å². The van der Waals surface area contributed by atoms with Crippen molar-refractivity contribution in [2.45, 2.75) is 17.6 Å². The third-order valence-electron chi connectivity index (χ3n) is 2.80. The first-order valence-electron chi connectivity index (χ1n) is 5.72. The molecule has 0 atom stereocenters. The summed E-state index contributed by atoms with van der Waals surface area (Å²) in [7, 11) is -3.41. The van der Waals surface area contributed by atoms with Gasteiger partial charge in [0.25, 0.3) is 0 Å². The third kappa shape index (κ3) is 3.28. The lowest BCUT2D eigenvalue weighted by Gasteiger charge is -2.07. The van der Waals surface area contributed by atoms with Gasteiger partial charge in [-0.3, -0.25) is 0 Å². The quantitative estimate of drug-likeness (QED) is 0.885. The normalized spacial score (nSPS) is 11.5. The molecule has 100 valence electrons. The Morgan fingerprint density at radius 1 is 1.11 bits per heavy atom. The van der Waals surface area contributed by atoms with Crippen LogP contribution in [-0.4, -0.2) is 8.42 Å². The Balaban J connectivity index is 2.36. The van der Waals surface area contributed by atoms with Gasteiger partial charge in [-0.1, -0.05) is 29.3 Å². The van der Waals surface area contributed by atoms with E-state index in [9.17, 15) is 8.42 Å². The molecule has 0 saturated heterocycles. The van der Waals surface area contributed by atoms with Crippen molar-refractivity contribution in [2.24, 2.45) is 0 Å². The monoisotopic (exact) mass is 295 g/mol. The Hall–Kier alpha value is -1.52. The molecule has 2 aromatic carbocycles. The van der Waals surface area contributed by atoms with Crippen molar-refractivity contribution in [2.75, 3.05) is 5.73 Å². The van der Waals surface area contributed by atoms with Crippen LogP contribution in [0.25, 0.3) is 0 Å². The van der Waals surface area contributed by atoms with Gasteiger partial charge in [-0.2, -0.15) is 0 Å². The van der Waals surface area contributed by atoms with E-state index >= 15 is 0 Å². The molecule has 2 N–H and O–H groups in total. The maximum Gasteiger partial charge on any atom is 0.182 e. The molecule has 5 heteroatoms. The summed E-state index contributed by atoms with van der Waals surface area (Å²) in [5.74, 6) is -0.153. The van der Waals surface area contributed by atoms with Crippen LogP contribution in [0.3, 0.4) is 0 Å². The van der Waals surface area contributed by atoms with E-state index in [4.69, 9.17) is 17.3 Å². The van der Waals surface area contributed by atoms with E-state index in [0.717, 1.165) is 5.56 Å². The summed E-state index contributed by atoms with van der Waals surface area (Å²) in [6.07, 6.45) is 0. The summed E-state index contributed by atoms with van der Waals surface area (Å²) < 4.78 is 24.6. The fraction of sp³-hybridized carbons (Fsp3) is 0.143. The van der Waals surface area contributed by atoms with Gasteiger partial charge in [-0.05, 0) is 42.8 Å². The number of nitrogen functional groups attached to an aromatic ring is 1. The highest BCUT2D eigenvalue weighted by Gasteiger charge is 2.17. The Labute approximate surface area is 117 Å². The average molecular weight is 296 g/mol. The molecule has 3 nitrogen and oxygen atoms in total. The van der Waals surface area contributed by atoms with Crippen LogP contribution in [0, 0.1) is 6.92 Å². The fourth-order valence-electron chi connectivity index (χ4n) is 1.74. The van der Waals surface area contributed by atoms with Crippen LogP contribution in [0.2, 0.25) is 5.02 Å². The molecule has 0 spiro atoms. The van der Waals surface area contributed by atoms with Crippen LogP contribution >= 0.6 is 11.6 Å². The number of hydrogen-bond donors (Lipinski definition) is 1. The Morgan fingerprint density at radius 2 is 1.74 bits per heavy atom. The molecule has 0 radical (unpaired) electrons. The highest BCUT2D eigenvalue weighted by Crippen LogP contribution is 2.24. The fourth-order valence-corrected chi connectivity index (χ4v) is 3.37. The molecule has 0 amide bonds. The van der Waals surface area contributed by atoms with E-state index in [1.165, 1.54) is 0 Å². The average Bonchev–Trinajstić information content (AvgIpc) is 2.34. The van der Waals surface area contributed by atoms with Gasteiger partial charge in [0.1, 0.15) is 0 Å². The van der Waals surface area contributed by atoms with E-state index in [1.54, 1.807) is 42.5 Å². The van der Waals surface area contributed by atoms with Crippen LogP contribution in [0.15, 0.2) is 47.4 Å². The molecule has 0 aliphatic carbocycles. The highest BCUT2D eigenvalue weighted by molar-refractivity contribution is 7.90. The first-order valence-corrected chi connectivity index (χ1v) is 7.75. The van der Waals surface area contributed by atoms with E-state index < -0.39 is 9.84 Å².